The van der Waals surface area contributed by atoms with Crippen LogP contribution in [0.5, 0.6) is 0 Å². The zero-order chi connectivity index (χ0) is 20.8. The maximum Gasteiger partial charge on any atom is 0.323 e. The Bertz CT molecular complexity index is 934. The Labute approximate surface area is 181 Å². The van der Waals surface area contributed by atoms with Crippen LogP contribution in [0.2, 0.25) is 5.02 Å². The fraction of sp³-hybridized carbons (Fsp3) is 0.261. The van der Waals surface area contributed by atoms with Crippen LogP contribution in [-0.2, 0) is 13.1 Å². The lowest BCUT2D eigenvalue weighted by atomic mass is 10.1. The minimum absolute atomic E-state index is 0.280. The highest BCUT2D eigenvalue weighted by atomic mass is 35.5. The van der Waals surface area contributed by atoms with E-state index in [4.69, 9.17) is 16.0 Å². The highest BCUT2D eigenvalue weighted by Crippen LogP contribution is 2.16. The smallest absolute Gasteiger partial charge is 0.323 e. The van der Waals surface area contributed by atoms with Crippen molar-refractivity contribution in [2.75, 3.05) is 36.8 Å². The quantitative estimate of drug-likeness (QED) is 0.591. The molecule has 2 aromatic carbocycles. The van der Waals surface area contributed by atoms with Crippen LogP contribution in [0.25, 0.3) is 0 Å². The molecule has 2 amide bonds. The highest BCUT2D eigenvalue weighted by molar-refractivity contribution is 6.30. The molecule has 1 aliphatic heterocycles. The van der Waals surface area contributed by atoms with Gasteiger partial charge in [0.05, 0.1) is 12.8 Å². The van der Waals surface area contributed by atoms with Crippen molar-refractivity contribution < 1.29 is 9.21 Å². The number of hydrogen-bond acceptors (Lipinski definition) is 4. The molecule has 0 spiro atoms. The first-order chi connectivity index (χ1) is 14.6. The Morgan fingerprint density at radius 2 is 1.40 bits per heavy atom. The van der Waals surface area contributed by atoms with E-state index in [1.54, 1.807) is 30.5 Å². The Hall–Kier alpha value is -2.80. The molecule has 0 aliphatic carbocycles. The van der Waals surface area contributed by atoms with Gasteiger partial charge in [0.25, 0.3) is 0 Å². The van der Waals surface area contributed by atoms with Gasteiger partial charge >= 0.3 is 6.03 Å². The first kappa shape index (κ1) is 20.5. The third-order valence-corrected chi connectivity index (χ3v) is 5.40. The molecule has 0 unspecified atom stereocenters. The van der Waals surface area contributed by atoms with Gasteiger partial charge in [0, 0.05) is 49.1 Å². The van der Waals surface area contributed by atoms with Crippen molar-refractivity contribution in [2.45, 2.75) is 13.1 Å². The summed E-state index contributed by atoms with van der Waals surface area (Å²) < 4.78 is 5.44. The number of rotatable bonds is 6. The number of benzene rings is 2. The van der Waals surface area contributed by atoms with E-state index in [1.165, 1.54) is 5.56 Å². The first-order valence-electron chi connectivity index (χ1n) is 10.0. The van der Waals surface area contributed by atoms with E-state index in [0.717, 1.165) is 50.7 Å². The van der Waals surface area contributed by atoms with Crippen LogP contribution in [0, 0.1) is 0 Å². The molecule has 7 heteroatoms. The van der Waals surface area contributed by atoms with Crippen molar-refractivity contribution in [1.29, 1.82) is 0 Å². The summed E-state index contributed by atoms with van der Waals surface area (Å²) in [6.07, 6.45) is 1.73. The summed E-state index contributed by atoms with van der Waals surface area (Å²) in [6, 6.07) is 18.7. The zero-order valence-corrected chi connectivity index (χ0v) is 17.4. The molecule has 0 saturated carbocycles. The normalized spacial score (nSPS) is 15.1. The summed E-state index contributed by atoms with van der Waals surface area (Å²) in [5.41, 5.74) is 2.69. The Morgan fingerprint density at radius 3 is 1.97 bits per heavy atom. The molecular formula is C23H25ClN4O2. The van der Waals surface area contributed by atoms with Crippen molar-refractivity contribution in [3.05, 3.63) is 83.3 Å². The van der Waals surface area contributed by atoms with Crippen LogP contribution in [-0.4, -0.2) is 42.0 Å². The summed E-state index contributed by atoms with van der Waals surface area (Å²) >= 11 is 5.86. The van der Waals surface area contributed by atoms with Crippen LogP contribution in [0.15, 0.2) is 71.3 Å². The minimum Gasteiger partial charge on any atom is -0.468 e. The largest absolute Gasteiger partial charge is 0.468 e. The Kier molecular flexibility index (Phi) is 6.69. The fourth-order valence-electron chi connectivity index (χ4n) is 3.51. The maximum absolute atomic E-state index is 12.1. The molecule has 1 fully saturated rings. The van der Waals surface area contributed by atoms with Gasteiger partial charge in [0.1, 0.15) is 5.76 Å². The number of carbonyl (C=O) groups excluding carboxylic acids is 1. The lowest BCUT2D eigenvalue weighted by Gasteiger charge is -2.34. The second-order valence-corrected chi connectivity index (χ2v) is 7.85. The molecule has 4 rings (SSSR count). The van der Waals surface area contributed by atoms with Gasteiger partial charge in [-0.15, -0.1) is 0 Å². The van der Waals surface area contributed by atoms with Gasteiger partial charge in [0.2, 0.25) is 0 Å². The number of carbonyl (C=O) groups is 1. The third-order valence-electron chi connectivity index (χ3n) is 5.14. The van der Waals surface area contributed by atoms with Crippen LogP contribution in [0.3, 0.4) is 0 Å². The van der Waals surface area contributed by atoms with Gasteiger partial charge in [0.15, 0.2) is 0 Å². The van der Waals surface area contributed by atoms with Gasteiger partial charge in [-0.3, -0.25) is 9.80 Å². The van der Waals surface area contributed by atoms with Crippen molar-refractivity contribution in [2.24, 2.45) is 0 Å². The molecule has 156 valence electrons. The summed E-state index contributed by atoms with van der Waals surface area (Å²) in [6.45, 7) is 5.91. The predicted octanol–water partition coefficient (Wildman–Crippen LogP) is 4.89. The molecule has 30 heavy (non-hydrogen) atoms. The number of furan rings is 1. The van der Waals surface area contributed by atoms with Crippen LogP contribution < -0.4 is 10.6 Å². The SMILES string of the molecule is O=C(Nc1ccc(Cl)cc1)Nc1ccc(CN2CCN(Cc3ccco3)CC2)cc1. The summed E-state index contributed by atoms with van der Waals surface area (Å²) in [4.78, 5) is 17.0. The van der Waals surface area contributed by atoms with E-state index in [2.05, 4.69) is 32.6 Å². The van der Waals surface area contributed by atoms with Gasteiger partial charge in [-0.05, 0) is 54.1 Å². The second kappa shape index (κ2) is 9.80. The van der Waals surface area contributed by atoms with Crippen LogP contribution in [0.4, 0.5) is 16.2 Å². The number of piperazine rings is 1. The van der Waals surface area contributed by atoms with E-state index < -0.39 is 0 Å². The Balaban J connectivity index is 1.22. The Morgan fingerprint density at radius 1 is 0.833 bits per heavy atom. The summed E-state index contributed by atoms with van der Waals surface area (Å²) in [7, 11) is 0. The molecule has 0 atom stereocenters. The molecule has 0 radical (unpaired) electrons. The molecule has 3 aromatic rings. The number of amides is 2. The molecule has 2 N–H and O–H groups in total. The first-order valence-corrected chi connectivity index (χ1v) is 10.4. The lowest BCUT2D eigenvalue weighted by molar-refractivity contribution is 0.116. The van der Waals surface area contributed by atoms with Crippen molar-refractivity contribution in [3.8, 4) is 0 Å². The zero-order valence-electron chi connectivity index (χ0n) is 16.7. The number of anilines is 2. The van der Waals surface area contributed by atoms with Gasteiger partial charge in [-0.1, -0.05) is 23.7 Å². The molecule has 2 heterocycles. The molecule has 1 aromatic heterocycles. The van der Waals surface area contributed by atoms with Gasteiger partial charge in [-0.25, -0.2) is 4.79 Å². The summed E-state index contributed by atoms with van der Waals surface area (Å²) in [5, 5.41) is 6.27. The number of nitrogens with one attached hydrogen (secondary N) is 2. The van der Waals surface area contributed by atoms with Crippen LogP contribution >= 0.6 is 11.6 Å². The summed E-state index contributed by atoms with van der Waals surface area (Å²) in [5.74, 6) is 1.02. The number of urea groups is 1. The van der Waals surface area contributed by atoms with E-state index in [-0.39, 0.29) is 6.03 Å². The van der Waals surface area contributed by atoms with Gasteiger partial charge in [-0.2, -0.15) is 0 Å². The van der Waals surface area contributed by atoms with E-state index in [9.17, 15) is 4.79 Å². The van der Waals surface area contributed by atoms with Crippen molar-refractivity contribution in [3.63, 3.8) is 0 Å². The van der Waals surface area contributed by atoms with Crippen LogP contribution in [0.1, 0.15) is 11.3 Å². The standard InChI is InChI=1S/C23H25ClN4O2/c24-19-5-9-21(10-6-19)26-23(29)25-20-7-3-18(4-8-20)16-27-11-13-28(14-12-27)17-22-2-1-15-30-22/h1-10,15H,11-14,16-17H2,(H2,25,26,29). The monoisotopic (exact) mass is 424 g/mol. The lowest BCUT2D eigenvalue weighted by Crippen LogP contribution is -2.45. The minimum atomic E-state index is -0.280. The average Bonchev–Trinajstić information content (AvgIpc) is 3.26. The van der Waals surface area contributed by atoms with E-state index in [1.807, 2.05) is 24.3 Å². The average molecular weight is 425 g/mol. The predicted molar refractivity (Wildman–Crippen MR) is 120 cm³/mol. The fourth-order valence-corrected chi connectivity index (χ4v) is 3.63. The topological polar surface area (TPSA) is 60.8 Å². The number of nitrogens with zero attached hydrogens (tertiary/aromatic N) is 2. The second-order valence-electron chi connectivity index (χ2n) is 7.41. The van der Waals surface area contributed by atoms with E-state index in [0.29, 0.717) is 10.7 Å². The third kappa shape index (κ3) is 5.86. The molecule has 1 saturated heterocycles. The van der Waals surface area contributed by atoms with Crippen molar-refractivity contribution in [1.82, 2.24) is 9.80 Å². The molecule has 1 aliphatic rings. The number of hydrogen-bond donors (Lipinski definition) is 2. The van der Waals surface area contributed by atoms with E-state index >= 15 is 0 Å². The maximum atomic E-state index is 12.1. The van der Waals surface area contributed by atoms with Crippen molar-refractivity contribution >= 4 is 29.0 Å². The molecule has 0 bridgehead atoms. The molecule has 6 nitrogen and oxygen atoms in total. The number of halogens is 1. The highest BCUT2D eigenvalue weighted by Gasteiger charge is 2.17. The van der Waals surface area contributed by atoms with Gasteiger partial charge < -0.3 is 15.1 Å². The molecular weight excluding hydrogens is 400 g/mol.